The van der Waals surface area contributed by atoms with Crippen molar-refractivity contribution >= 4 is 35.8 Å². The van der Waals surface area contributed by atoms with Crippen molar-refractivity contribution < 1.29 is 4.79 Å². The highest BCUT2D eigenvalue weighted by Crippen LogP contribution is 2.09. The second-order valence-corrected chi connectivity index (χ2v) is 6.04. The molecule has 1 aliphatic heterocycles. The predicted molar refractivity (Wildman–Crippen MR) is 109 cm³/mol. The van der Waals surface area contributed by atoms with E-state index in [1.165, 1.54) is 5.69 Å². The van der Waals surface area contributed by atoms with E-state index in [9.17, 15) is 4.79 Å². The van der Waals surface area contributed by atoms with Crippen molar-refractivity contribution in [3.8, 4) is 0 Å². The Bertz CT molecular complexity index is 537. The van der Waals surface area contributed by atoms with E-state index in [-0.39, 0.29) is 29.9 Å². The fraction of sp³-hybridized carbons (Fsp3) is 0.647. The number of guanidine groups is 1. The van der Waals surface area contributed by atoms with E-state index < -0.39 is 0 Å². The van der Waals surface area contributed by atoms with E-state index in [1.54, 1.807) is 0 Å². The van der Waals surface area contributed by atoms with Crippen molar-refractivity contribution in [3.63, 3.8) is 0 Å². The Morgan fingerprint density at radius 2 is 2.08 bits per heavy atom. The van der Waals surface area contributed by atoms with Crippen molar-refractivity contribution in [2.75, 3.05) is 33.2 Å². The van der Waals surface area contributed by atoms with Gasteiger partial charge in [0.05, 0.1) is 13.1 Å². The van der Waals surface area contributed by atoms with Crippen LogP contribution in [0.15, 0.2) is 23.3 Å². The summed E-state index contributed by atoms with van der Waals surface area (Å²) in [5.41, 5.74) is 1.23. The van der Waals surface area contributed by atoms with Crippen LogP contribution in [-0.2, 0) is 18.4 Å². The molecule has 0 aromatic carbocycles. The quantitative estimate of drug-likeness (QED) is 0.413. The molecule has 0 saturated carbocycles. The summed E-state index contributed by atoms with van der Waals surface area (Å²) in [7, 11) is 4.07. The largest absolute Gasteiger partial charge is 0.357 e. The number of aromatic nitrogens is 1. The van der Waals surface area contributed by atoms with Crippen LogP contribution in [0.1, 0.15) is 31.9 Å². The molecule has 0 spiro atoms. The Morgan fingerprint density at radius 3 is 2.67 bits per heavy atom. The van der Waals surface area contributed by atoms with Crippen molar-refractivity contribution in [1.82, 2.24) is 19.7 Å². The smallest absolute Gasteiger partial charge is 0.224 e. The number of aliphatic imine (C=N–C) groups is 1. The number of hydrogen-bond acceptors (Lipinski definition) is 2. The fourth-order valence-electron chi connectivity index (χ4n) is 2.83. The van der Waals surface area contributed by atoms with Crippen LogP contribution < -0.4 is 5.32 Å². The van der Waals surface area contributed by atoms with Crippen LogP contribution in [0.3, 0.4) is 0 Å². The number of hydrogen-bond donors (Lipinski definition) is 1. The van der Waals surface area contributed by atoms with Gasteiger partial charge in [0.1, 0.15) is 0 Å². The third-order valence-corrected chi connectivity index (χ3v) is 4.19. The van der Waals surface area contributed by atoms with Crippen LogP contribution in [-0.4, -0.2) is 59.5 Å². The van der Waals surface area contributed by atoms with Gasteiger partial charge in [-0.25, -0.2) is 0 Å². The Hall–Kier alpha value is -1.25. The molecule has 1 aromatic rings. The molecule has 1 aromatic heterocycles. The lowest BCUT2D eigenvalue weighted by Crippen LogP contribution is -2.39. The SMILES string of the molecule is CCNC(=NCCC(=O)N1CCCC1)N(C)Cc1cccn1C.I. The van der Waals surface area contributed by atoms with E-state index in [1.807, 2.05) is 31.3 Å². The molecule has 2 rings (SSSR count). The first-order chi connectivity index (χ1) is 11.1. The van der Waals surface area contributed by atoms with Gasteiger partial charge in [0, 0.05) is 52.0 Å². The molecule has 0 aliphatic carbocycles. The molecule has 136 valence electrons. The number of rotatable bonds is 6. The summed E-state index contributed by atoms with van der Waals surface area (Å²) in [6.07, 6.45) is 4.81. The highest BCUT2D eigenvalue weighted by molar-refractivity contribution is 14.0. The van der Waals surface area contributed by atoms with Crippen molar-refractivity contribution in [1.29, 1.82) is 0 Å². The predicted octanol–water partition coefficient (Wildman–Crippen LogP) is 2.05. The number of halogens is 1. The zero-order chi connectivity index (χ0) is 16.7. The number of amides is 1. The molecule has 1 aliphatic rings. The Balaban J connectivity index is 0.00000288. The lowest BCUT2D eigenvalue weighted by atomic mass is 10.3. The first-order valence-corrected chi connectivity index (χ1v) is 8.49. The minimum Gasteiger partial charge on any atom is -0.357 e. The van der Waals surface area contributed by atoms with E-state index in [0.29, 0.717) is 13.0 Å². The second-order valence-electron chi connectivity index (χ2n) is 6.04. The van der Waals surface area contributed by atoms with Crippen molar-refractivity contribution in [2.45, 2.75) is 32.7 Å². The van der Waals surface area contributed by atoms with Gasteiger partial charge in [-0.1, -0.05) is 0 Å². The maximum Gasteiger partial charge on any atom is 0.224 e. The van der Waals surface area contributed by atoms with E-state index >= 15 is 0 Å². The molecule has 1 fully saturated rings. The molecule has 0 unspecified atom stereocenters. The number of likely N-dealkylation sites (tertiary alicyclic amines) is 1. The zero-order valence-electron chi connectivity index (χ0n) is 15.0. The van der Waals surface area contributed by atoms with Gasteiger partial charge in [0.15, 0.2) is 5.96 Å². The minimum atomic E-state index is 0. The fourth-order valence-corrected chi connectivity index (χ4v) is 2.83. The number of nitrogens with one attached hydrogen (secondary N) is 1. The molecular formula is C17H30IN5O. The third kappa shape index (κ3) is 5.99. The molecule has 0 bridgehead atoms. The number of nitrogens with zero attached hydrogens (tertiary/aromatic N) is 4. The van der Waals surface area contributed by atoms with Gasteiger partial charge in [-0.15, -0.1) is 24.0 Å². The average Bonchev–Trinajstić information content (AvgIpc) is 3.19. The van der Waals surface area contributed by atoms with E-state index in [2.05, 4.69) is 32.8 Å². The summed E-state index contributed by atoms with van der Waals surface area (Å²) in [6, 6.07) is 4.15. The summed E-state index contributed by atoms with van der Waals surface area (Å²) >= 11 is 0. The van der Waals surface area contributed by atoms with Crippen LogP contribution in [0, 0.1) is 0 Å². The van der Waals surface area contributed by atoms with Crippen LogP contribution in [0.5, 0.6) is 0 Å². The maximum atomic E-state index is 12.1. The van der Waals surface area contributed by atoms with E-state index in [0.717, 1.165) is 45.0 Å². The molecule has 24 heavy (non-hydrogen) atoms. The molecule has 1 amide bonds. The van der Waals surface area contributed by atoms with Crippen LogP contribution in [0.25, 0.3) is 0 Å². The second kappa shape index (κ2) is 10.6. The number of aryl methyl sites for hydroxylation is 1. The standard InChI is InChI=1S/C17H29N5O.HI/c1-4-18-17(21(3)14-15-8-7-11-20(15)2)19-10-9-16(23)22-12-5-6-13-22;/h7-8,11H,4-6,9-10,12-14H2,1-3H3,(H,18,19);1H. The van der Waals surface area contributed by atoms with Crippen LogP contribution in [0.2, 0.25) is 0 Å². The number of carbonyl (C=O) groups is 1. The Labute approximate surface area is 162 Å². The third-order valence-electron chi connectivity index (χ3n) is 4.19. The normalized spacial score (nSPS) is 14.5. The van der Waals surface area contributed by atoms with Gasteiger partial charge < -0.3 is 19.7 Å². The Kier molecular flexibility index (Phi) is 9.17. The summed E-state index contributed by atoms with van der Waals surface area (Å²) < 4.78 is 2.11. The monoisotopic (exact) mass is 447 g/mol. The summed E-state index contributed by atoms with van der Waals surface area (Å²) in [5, 5.41) is 3.30. The lowest BCUT2D eigenvalue weighted by Gasteiger charge is -2.22. The highest BCUT2D eigenvalue weighted by Gasteiger charge is 2.17. The Morgan fingerprint density at radius 1 is 1.38 bits per heavy atom. The van der Waals surface area contributed by atoms with Gasteiger partial charge in [0.2, 0.25) is 5.91 Å². The lowest BCUT2D eigenvalue weighted by molar-refractivity contribution is -0.129. The molecule has 1 saturated heterocycles. The van der Waals surface area contributed by atoms with Crippen molar-refractivity contribution in [2.24, 2.45) is 12.0 Å². The van der Waals surface area contributed by atoms with Crippen molar-refractivity contribution in [3.05, 3.63) is 24.0 Å². The topological polar surface area (TPSA) is 52.9 Å². The van der Waals surface area contributed by atoms with E-state index in [4.69, 9.17) is 0 Å². The summed E-state index contributed by atoms with van der Waals surface area (Å²) in [5.74, 6) is 1.08. The molecular weight excluding hydrogens is 417 g/mol. The van der Waals surface area contributed by atoms with Crippen LogP contribution in [0.4, 0.5) is 0 Å². The first-order valence-electron chi connectivity index (χ1n) is 8.49. The molecule has 0 atom stereocenters. The molecule has 2 heterocycles. The molecule has 1 N–H and O–H groups in total. The van der Waals surface area contributed by atoms with Gasteiger partial charge in [0.25, 0.3) is 0 Å². The van der Waals surface area contributed by atoms with Gasteiger partial charge in [-0.3, -0.25) is 9.79 Å². The maximum absolute atomic E-state index is 12.1. The van der Waals surface area contributed by atoms with Gasteiger partial charge >= 0.3 is 0 Å². The average molecular weight is 447 g/mol. The molecule has 6 nitrogen and oxygen atoms in total. The molecule has 7 heteroatoms. The van der Waals surface area contributed by atoms with Gasteiger partial charge in [-0.05, 0) is 31.9 Å². The van der Waals surface area contributed by atoms with Gasteiger partial charge in [-0.2, -0.15) is 0 Å². The molecule has 0 radical (unpaired) electrons. The minimum absolute atomic E-state index is 0. The number of carbonyl (C=O) groups excluding carboxylic acids is 1. The highest BCUT2D eigenvalue weighted by atomic mass is 127. The first kappa shape index (κ1) is 20.8. The zero-order valence-corrected chi connectivity index (χ0v) is 17.3. The summed E-state index contributed by atoms with van der Waals surface area (Å²) in [4.78, 5) is 20.7. The van der Waals surface area contributed by atoms with Crippen LogP contribution >= 0.6 is 24.0 Å². The summed E-state index contributed by atoms with van der Waals surface area (Å²) in [6.45, 7) is 6.02.